The first-order chi connectivity index (χ1) is 7.95. The van der Waals surface area contributed by atoms with Gasteiger partial charge in [0.15, 0.2) is 0 Å². The molecule has 1 rings (SSSR count). The lowest BCUT2D eigenvalue weighted by Crippen LogP contribution is -2.24. The summed E-state index contributed by atoms with van der Waals surface area (Å²) in [4.78, 5) is 11.2. The number of aliphatic hydroxyl groups is 1. The number of nitrogens with zero attached hydrogens (tertiary/aromatic N) is 2. The second kappa shape index (κ2) is 5.53. The van der Waals surface area contributed by atoms with E-state index in [2.05, 4.69) is 0 Å². The highest BCUT2D eigenvalue weighted by atomic mass is 19.3. The Labute approximate surface area is 96.4 Å². The van der Waals surface area contributed by atoms with Gasteiger partial charge in [0.2, 0.25) is 0 Å². The first-order valence-corrected chi connectivity index (χ1v) is 4.83. The third-order valence-corrected chi connectivity index (χ3v) is 2.28. The van der Waals surface area contributed by atoms with Crippen LogP contribution in [0.1, 0.15) is 5.56 Å². The highest BCUT2D eigenvalue weighted by Crippen LogP contribution is 2.24. The summed E-state index contributed by atoms with van der Waals surface area (Å²) in [7, 11) is 1.45. The Morgan fingerprint density at radius 3 is 2.65 bits per heavy atom. The first kappa shape index (κ1) is 13.3. The molecule has 0 fully saturated rings. The predicted molar refractivity (Wildman–Crippen MR) is 58.3 cm³/mol. The molecule has 0 atom stereocenters. The van der Waals surface area contributed by atoms with Crippen molar-refractivity contribution in [1.29, 1.82) is 0 Å². The van der Waals surface area contributed by atoms with Gasteiger partial charge in [-0.25, -0.2) is 8.78 Å². The maximum absolute atomic E-state index is 12.2. The van der Waals surface area contributed by atoms with E-state index in [9.17, 15) is 18.9 Å². The van der Waals surface area contributed by atoms with Crippen LogP contribution >= 0.6 is 0 Å². The molecule has 0 radical (unpaired) electrons. The fraction of sp³-hybridized carbons (Fsp3) is 0.400. The Bertz CT molecular complexity index is 413. The molecular weight excluding hydrogens is 234 g/mol. The molecule has 0 saturated heterocycles. The number of rotatable bonds is 5. The van der Waals surface area contributed by atoms with Gasteiger partial charge in [-0.1, -0.05) is 0 Å². The molecule has 1 N–H and O–H groups in total. The summed E-state index contributed by atoms with van der Waals surface area (Å²) in [6.07, 6.45) is -2.49. The smallest absolute Gasteiger partial charge is 0.275 e. The zero-order valence-electron chi connectivity index (χ0n) is 9.14. The largest absolute Gasteiger partial charge is 0.391 e. The quantitative estimate of drug-likeness (QED) is 0.635. The van der Waals surface area contributed by atoms with E-state index < -0.39 is 24.5 Å². The molecule has 5 nitrogen and oxygen atoms in total. The maximum Gasteiger partial charge on any atom is 0.275 e. The molecule has 0 aliphatic carbocycles. The van der Waals surface area contributed by atoms with Crippen molar-refractivity contribution in [2.24, 2.45) is 0 Å². The molecule has 17 heavy (non-hydrogen) atoms. The van der Waals surface area contributed by atoms with Crippen molar-refractivity contribution in [3.8, 4) is 0 Å². The SMILES string of the molecule is CN(CC(F)F)c1ccc([N+](=O)[O-])c(CO)c1. The van der Waals surface area contributed by atoms with E-state index in [1.165, 1.54) is 30.1 Å². The molecule has 0 aliphatic rings. The van der Waals surface area contributed by atoms with Crippen molar-refractivity contribution in [2.45, 2.75) is 13.0 Å². The predicted octanol–water partition coefficient (Wildman–Crippen LogP) is 1.79. The van der Waals surface area contributed by atoms with Gasteiger partial charge in [0.05, 0.1) is 23.6 Å². The zero-order valence-corrected chi connectivity index (χ0v) is 9.14. The summed E-state index contributed by atoms with van der Waals surface area (Å²) in [6, 6.07) is 3.91. The molecule has 0 saturated carbocycles. The summed E-state index contributed by atoms with van der Waals surface area (Å²) in [5.41, 5.74) is 0.287. The van der Waals surface area contributed by atoms with Crippen molar-refractivity contribution in [3.05, 3.63) is 33.9 Å². The van der Waals surface area contributed by atoms with Crippen LogP contribution in [0.15, 0.2) is 18.2 Å². The van der Waals surface area contributed by atoms with Crippen LogP contribution in [-0.2, 0) is 6.61 Å². The summed E-state index contributed by atoms with van der Waals surface area (Å²) >= 11 is 0. The molecule has 0 bridgehead atoms. The fourth-order valence-corrected chi connectivity index (χ4v) is 1.43. The Kier molecular flexibility index (Phi) is 4.33. The number of nitro benzene ring substituents is 1. The third-order valence-electron chi connectivity index (χ3n) is 2.28. The molecule has 0 heterocycles. The van der Waals surface area contributed by atoms with E-state index in [0.29, 0.717) is 5.69 Å². The number of hydrogen-bond acceptors (Lipinski definition) is 4. The minimum Gasteiger partial charge on any atom is -0.391 e. The molecule has 0 aliphatic heterocycles. The van der Waals surface area contributed by atoms with Crippen LogP contribution < -0.4 is 4.90 Å². The number of alkyl halides is 2. The lowest BCUT2D eigenvalue weighted by Gasteiger charge is -2.19. The van der Waals surface area contributed by atoms with Crippen LogP contribution in [0.4, 0.5) is 20.2 Å². The highest BCUT2D eigenvalue weighted by molar-refractivity contribution is 5.55. The molecule has 94 valence electrons. The number of nitro groups is 1. The highest BCUT2D eigenvalue weighted by Gasteiger charge is 2.15. The summed E-state index contributed by atoms with van der Waals surface area (Å²) in [5, 5.41) is 19.6. The van der Waals surface area contributed by atoms with Gasteiger partial charge >= 0.3 is 0 Å². The molecule has 0 aromatic heterocycles. The van der Waals surface area contributed by atoms with Gasteiger partial charge in [-0.15, -0.1) is 0 Å². The Hall–Kier alpha value is -1.76. The maximum atomic E-state index is 12.2. The van der Waals surface area contributed by atoms with Crippen molar-refractivity contribution in [2.75, 3.05) is 18.5 Å². The molecule has 1 aromatic carbocycles. The molecular formula is C10H12F2N2O3. The van der Waals surface area contributed by atoms with E-state index in [1.54, 1.807) is 0 Å². The molecule has 0 amide bonds. The average Bonchev–Trinajstić information content (AvgIpc) is 2.27. The van der Waals surface area contributed by atoms with Gasteiger partial charge in [0.1, 0.15) is 0 Å². The minimum atomic E-state index is -2.49. The van der Waals surface area contributed by atoms with Gasteiger partial charge in [-0.2, -0.15) is 0 Å². The van der Waals surface area contributed by atoms with Crippen molar-refractivity contribution in [1.82, 2.24) is 0 Å². The number of aliphatic hydroxyl groups excluding tert-OH is 1. The third kappa shape index (κ3) is 3.35. The second-order valence-electron chi connectivity index (χ2n) is 3.50. The van der Waals surface area contributed by atoms with Crippen molar-refractivity contribution >= 4 is 11.4 Å². The standard InChI is InChI=1S/C10H12F2N2O3/c1-13(5-10(11)12)8-2-3-9(14(16)17)7(4-8)6-15/h2-4,10,15H,5-6H2,1H3. The minimum absolute atomic E-state index is 0.105. The van der Waals surface area contributed by atoms with Gasteiger partial charge in [0, 0.05) is 18.8 Å². The first-order valence-electron chi connectivity index (χ1n) is 4.83. The molecule has 1 aromatic rings. The lowest BCUT2D eigenvalue weighted by molar-refractivity contribution is -0.385. The molecule has 0 spiro atoms. The Morgan fingerprint density at radius 1 is 1.53 bits per heavy atom. The summed E-state index contributed by atoms with van der Waals surface area (Å²) < 4.78 is 24.3. The lowest BCUT2D eigenvalue weighted by atomic mass is 10.1. The zero-order chi connectivity index (χ0) is 13.0. The number of anilines is 1. The van der Waals surface area contributed by atoms with Crippen LogP contribution in [-0.4, -0.2) is 30.0 Å². The van der Waals surface area contributed by atoms with Gasteiger partial charge < -0.3 is 10.0 Å². The van der Waals surface area contributed by atoms with E-state index in [4.69, 9.17) is 5.11 Å². The van der Waals surface area contributed by atoms with Crippen molar-refractivity contribution < 1.29 is 18.8 Å². The summed E-state index contributed by atoms with van der Waals surface area (Å²) in [5.74, 6) is 0. The molecule has 7 heteroatoms. The van der Waals surface area contributed by atoms with Gasteiger partial charge in [0.25, 0.3) is 12.1 Å². The van der Waals surface area contributed by atoms with Crippen LogP contribution in [0.5, 0.6) is 0 Å². The summed E-state index contributed by atoms with van der Waals surface area (Å²) in [6.45, 7) is -0.977. The fourth-order valence-electron chi connectivity index (χ4n) is 1.43. The number of halogens is 2. The van der Waals surface area contributed by atoms with Gasteiger partial charge in [-0.3, -0.25) is 10.1 Å². The number of benzene rings is 1. The van der Waals surface area contributed by atoms with Crippen molar-refractivity contribution in [3.63, 3.8) is 0 Å². The average molecular weight is 246 g/mol. The Balaban J connectivity index is 3.00. The topological polar surface area (TPSA) is 66.6 Å². The van der Waals surface area contributed by atoms with E-state index in [-0.39, 0.29) is 11.3 Å². The Morgan fingerprint density at radius 2 is 2.18 bits per heavy atom. The van der Waals surface area contributed by atoms with Crippen LogP contribution in [0.25, 0.3) is 0 Å². The van der Waals surface area contributed by atoms with Gasteiger partial charge in [-0.05, 0) is 12.1 Å². The van der Waals surface area contributed by atoms with E-state index >= 15 is 0 Å². The monoisotopic (exact) mass is 246 g/mol. The normalized spacial score (nSPS) is 10.6. The van der Waals surface area contributed by atoms with Crippen LogP contribution in [0.3, 0.4) is 0 Å². The van der Waals surface area contributed by atoms with Crippen LogP contribution in [0, 0.1) is 10.1 Å². The van der Waals surface area contributed by atoms with E-state index in [0.717, 1.165) is 0 Å². The van der Waals surface area contributed by atoms with E-state index in [1.807, 2.05) is 0 Å². The second-order valence-corrected chi connectivity index (χ2v) is 3.50. The van der Waals surface area contributed by atoms with Crippen LogP contribution in [0.2, 0.25) is 0 Å². The number of hydrogen-bond donors (Lipinski definition) is 1. The molecule has 0 unspecified atom stereocenters.